The van der Waals surface area contributed by atoms with Gasteiger partial charge in [0.1, 0.15) is 10.5 Å². The number of anilines is 2. The molecule has 164 valence electrons. The van der Waals surface area contributed by atoms with Crippen LogP contribution in [0.1, 0.15) is 40.2 Å². The van der Waals surface area contributed by atoms with Gasteiger partial charge in [-0.15, -0.1) is 0 Å². The van der Waals surface area contributed by atoms with Gasteiger partial charge in [-0.1, -0.05) is 41.7 Å². The average molecular weight is 448 g/mol. The quantitative estimate of drug-likeness (QED) is 0.374. The maximum Gasteiger partial charge on any atom is 0.263 e. The molecule has 1 amide bonds. The first-order valence-electron chi connectivity index (χ1n) is 10.8. The van der Waals surface area contributed by atoms with Crippen molar-refractivity contribution >= 4 is 39.0 Å². The third kappa shape index (κ3) is 4.54. The number of amides is 1. The summed E-state index contributed by atoms with van der Waals surface area (Å²) in [5, 5.41) is 8.20. The molecule has 2 aromatic carbocycles. The summed E-state index contributed by atoms with van der Waals surface area (Å²) in [6.45, 7) is 2.43. The maximum atomic E-state index is 13.0. The largest absolute Gasteiger partial charge is 0.464 e. The van der Waals surface area contributed by atoms with Gasteiger partial charge in [0.2, 0.25) is 0 Å². The van der Waals surface area contributed by atoms with Gasteiger partial charge in [0.15, 0.2) is 5.13 Å². The van der Waals surface area contributed by atoms with Crippen molar-refractivity contribution in [1.82, 2.24) is 10.3 Å². The van der Waals surface area contributed by atoms with E-state index in [-0.39, 0.29) is 18.1 Å². The summed E-state index contributed by atoms with van der Waals surface area (Å²) in [5.41, 5.74) is 3.61. The van der Waals surface area contributed by atoms with Crippen LogP contribution in [0.25, 0.3) is 11.0 Å². The Morgan fingerprint density at radius 2 is 2.06 bits per heavy atom. The second-order valence-corrected chi connectivity index (χ2v) is 9.08. The molecule has 2 atom stereocenters. The third-order valence-electron chi connectivity index (χ3n) is 5.78. The van der Waals surface area contributed by atoms with E-state index in [0.29, 0.717) is 16.6 Å². The normalized spacial score (nSPS) is 18.2. The standard InChI is InChI=1S/C25H25N3O3S/c1-16-23(32-25(26-16)27-19-10-11-21-18(14-19)12-13-30-21)24(29)28-20-8-5-9-22(20)31-15-17-6-3-2-4-7-17/h2-4,6-7,10-14,20,22H,5,8-9,15H2,1H3,(H,26,27)(H,28,29)/t20-,22-/m0/s1. The fourth-order valence-electron chi connectivity index (χ4n) is 4.13. The molecule has 0 saturated heterocycles. The van der Waals surface area contributed by atoms with Gasteiger partial charge in [-0.3, -0.25) is 4.79 Å². The zero-order valence-electron chi connectivity index (χ0n) is 17.8. The minimum atomic E-state index is -0.0847. The summed E-state index contributed by atoms with van der Waals surface area (Å²) in [4.78, 5) is 18.2. The van der Waals surface area contributed by atoms with Gasteiger partial charge in [-0.25, -0.2) is 4.98 Å². The van der Waals surface area contributed by atoms with Crippen molar-refractivity contribution in [2.75, 3.05) is 5.32 Å². The number of aromatic nitrogens is 1. The van der Waals surface area contributed by atoms with Crippen LogP contribution < -0.4 is 10.6 Å². The number of nitrogens with zero attached hydrogens (tertiary/aromatic N) is 1. The van der Waals surface area contributed by atoms with Crippen LogP contribution >= 0.6 is 11.3 Å². The number of benzene rings is 2. The predicted molar refractivity (Wildman–Crippen MR) is 126 cm³/mol. The van der Waals surface area contributed by atoms with E-state index >= 15 is 0 Å². The molecule has 32 heavy (non-hydrogen) atoms. The number of furan rings is 1. The SMILES string of the molecule is Cc1nc(Nc2ccc3occc3c2)sc1C(=O)N[C@H]1CCC[C@@H]1OCc1ccccc1. The van der Waals surface area contributed by atoms with Crippen LogP contribution in [0, 0.1) is 6.92 Å². The first-order valence-corrected chi connectivity index (χ1v) is 11.7. The summed E-state index contributed by atoms with van der Waals surface area (Å²) >= 11 is 1.37. The molecule has 0 radical (unpaired) electrons. The Morgan fingerprint density at radius 1 is 1.19 bits per heavy atom. The van der Waals surface area contributed by atoms with E-state index in [0.717, 1.165) is 47.2 Å². The Kier molecular flexibility index (Phi) is 5.92. The van der Waals surface area contributed by atoms with Crippen LogP contribution in [-0.2, 0) is 11.3 Å². The van der Waals surface area contributed by atoms with Gasteiger partial charge in [-0.2, -0.15) is 0 Å². The molecular formula is C25H25N3O3S. The first-order chi connectivity index (χ1) is 15.7. The lowest BCUT2D eigenvalue weighted by atomic mass is 10.2. The van der Waals surface area contributed by atoms with Crippen molar-refractivity contribution in [2.24, 2.45) is 0 Å². The maximum absolute atomic E-state index is 13.0. The first kappa shape index (κ1) is 20.7. The Hall–Kier alpha value is -3.16. The summed E-state index contributed by atoms with van der Waals surface area (Å²) < 4.78 is 11.5. The summed E-state index contributed by atoms with van der Waals surface area (Å²) in [6, 6.07) is 17.9. The number of fused-ring (bicyclic) bond motifs is 1. The Labute approximate surface area is 190 Å². The summed E-state index contributed by atoms with van der Waals surface area (Å²) in [6.07, 6.45) is 4.65. The number of nitrogens with one attached hydrogen (secondary N) is 2. The minimum absolute atomic E-state index is 0.0209. The average Bonchev–Trinajstić information content (AvgIpc) is 3.53. The highest BCUT2D eigenvalue weighted by molar-refractivity contribution is 7.17. The fraction of sp³-hybridized carbons (Fsp3) is 0.280. The molecule has 0 spiro atoms. The molecule has 1 saturated carbocycles. The molecule has 1 fully saturated rings. The molecule has 2 N–H and O–H groups in total. The molecule has 7 heteroatoms. The highest BCUT2D eigenvalue weighted by atomic mass is 32.1. The molecule has 2 aromatic heterocycles. The van der Waals surface area contributed by atoms with E-state index in [1.165, 1.54) is 11.3 Å². The van der Waals surface area contributed by atoms with E-state index in [2.05, 4.69) is 27.8 Å². The molecule has 0 aliphatic heterocycles. The molecule has 2 heterocycles. The van der Waals surface area contributed by atoms with Crippen molar-refractivity contribution in [3.63, 3.8) is 0 Å². The van der Waals surface area contributed by atoms with E-state index < -0.39 is 0 Å². The van der Waals surface area contributed by atoms with Crippen molar-refractivity contribution in [1.29, 1.82) is 0 Å². The van der Waals surface area contributed by atoms with Gasteiger partial charge in [0.05, 0.1) is 30.7 Å². The zero-order chi connectivity index (χ0) is 21.9. The Morgan fingerprint density at radius 3 is 2.94 bits per heavy atom. The Bertz CT molecular complexity index is 1220. The molecule has 4 aromatic rings. The fourth-order valence-corrected chi connectivity index (χ4v) is 5.02. The second-order valence-electron chi connectivity index (χ2n) is 8.08. The second kappa shape index (κ2) is 9.14. The van der Waals surface area contributed by atoms with Gasteiger partial charge in [0, 0.05) is 11.1 Å². The van der Waals surface area contributed by atoms with Crippen LogP contribution in [0.15, 0.2) is 65.3 Å². The van der Waals surface area contributed by atoms with E-state index in [1.54, 1.807) is 6.26 Å². The highest BCUT2D eigenvalue weighted by Crippen LogP contribution is 2.29. The van der Waals surface area contributed by atoms with Crippen LogP contribution in [-0.4, -0.2) is 23.0 Å². The van der Waals surface area contributed by atoms with Crippen molar-refractivity contribution in [2.45, 2.75) is 44.9 Å². The number of thiazole rings is 1. The molecule has 5 rings (SSSR count). The molecule has 1 aliphatic rings. The van der Waals surface area contributed by atoms with Crippen LogP contribution in [0.2, 0.25) is 0 Å². The zero-order valence-corrected chi connectivity index (χ0v) is 18.7. The monoisotopic (exact) mass is 447 g/mol. The van der Waals surface area contributed by atoms with Crippen LogP contribution in [0.3, 0.4) is 0 Å². The third-order valence-corrected chi connectivity index (χ3v) is 6.85. The topological polar surface area (TPSA) is 76.4 Å². The van der Waals surface area contributed by atoms with Crippen LogP contribution in [0.5, 0.6) is 0 Å². The van der Waals surface area contributed by atoms with Crippen molar-refractivity contribution in [3.8, 4) is 0 Å². The molecular weight excluding hydrogens is 422 g/mol. The minimum Gasteiger partial charge on any atom is -0.464 e. The summed E-state index contributed by atoms with van der Waals surface area (Å²) in [5.74, 6) is -0.0847. The van der Waals surface area contributed by atoms with Gasteiger partial charge >= 0.3 is 0 Å². The number of rotatable bonds is 7. The molecule has 0 unspecified atom stereocenters. The van der Waals surface area contributed by atoms with Gasteiger partial charge in [-0.05, 0) is 56.0 Å². The van der Waals surface area contributed by atoms with E-state index in [9.17, 15) is 4.79 Å². The van der Waals surface area contributed by atoms with Crippen molar-refractivity contribution in [3.05, 3.63) is 77.0 Å². The smallest absolute Gasteiger partial charge is 0.263 e. The van der Waals surface area contributed by atoms with E-state index in [1.807, 2.05) is 49.4 Å². The number of carbonyl (C=O) groups excluding carboxylic acids is 1. The molecule has 1 aliphatic carbocycles. The van der Waals surface area contributed by atoms with E-state index in [4.69, 9.17) is 9.15 Å². The molecule has 0 bridgehead atoms. The van der Waals surface area contributed by atoms with Crippen LogP contribution in [0.4, 0.5) is 10.8 Å². The predicted octanol–water partition coefficient (Wildman–Crippen LogP) is 5.81. The number of aryl methyl sites for hydroxylation is 1. The number of hydrogen-bond donors (Lipinski definition) is 2. The van der Waals surface area contributed by atoms with Gasteiger partial charge in [0.25, 0.3) is 5.91 Å². The van der Waals surface area contributed by atoms with Crippen molar-refractivity contribution < 1.29 is 13.9 Å². The lowest BCUT2D eigenvalue weighted by molar-refractivity contribution is 0.0272. The number of ether oxygens (including phenoxy) is 1. The lowest BCUT2D eigenvalue weighted by Crippen LogP contribution is -2.41. The Balaban J connectivity index is 1.22. The molecule has 6 nitrogen and oxygen atoms in total. The summed E-state index contributed by atoms with van der Waals surface area (Å²) in [7, 11) is 0. The highest BCUT2D eigenvalue weighted by Gasteiger charge is 2.30. The number of carbonyl (C=O) groups is 1. The number of hydrogen-bond acceptors (Lipinski definition) is 6. The van der Waals surface area contributed by atoms with Gasteiger partial charge < -0.3 is 19.8 Å². The lowest BCUT2D eigenvalue weighted by Gasteiger charge is -2.21.